The van der Waals surface area contributed by atoms with Crippen LogP contribution in [0.2, 0.25) is 0 Å². The van der Waals surface area contributed by atoms with Gasteiger partial charge in [0.25, 0.3) is 5.91 Å². The van der Waals surface area contributed by atoms with Gasteiger partial charge in [0.1, 0.15) is 0 Å². The molecule has 1 unspecified atom stereocenters. The lowest BCUT2D eigenvalue weighted by molar-refractivity contribution is -0.387. The SMILES string of the molecule is CC(C)C(C)CNC(=O)c1ccc(F)c([N+](=O)[O-])c1. The molecule has 5 nitrogen and oxygen atoms in total. The third kappa shape index (κ3) is 4.01. The Labute approximate surface area is 111 Å². The Bertz CT molecular complexity index is 489. The van der Waals surface area contributed by atoms with Crippen molar-refractivity contribution in [3.63, 3.8) is 0 Å². The minimum absolute atomic E-state index is 0.0871. The second kappa shape index (κ2) is 6.26. The molecule has 1 rings (SSSR count). The van der Waals surface area contributed by atoms with Crippen molar-refractivity contribution in [2.24, 2.45) is 11.8 Å². The third-order valence-electron chi connectivity index (χ3n) is 3.13. The Hall–Kier alpha value is -1.98. The van der Waals surface area contributed by atoms with E-state index < -0.39 is 22.3 Å². The van der Waals surface area contributed by atoms with E-state index in [1.807, 2.05) is 20.8 Å². The summed E-state index contributed by atoms with van der Waals surface area (Å²) in [5, 5.41) is 13.3. The first-order valence-electron chi connectivity index (χ1n) is 6.05. The third-order valence-corrected chi connectivity index (χ3v) is 3.13. The molecule has 0 aromatic heterocycles. The van der Waals surface area contributed by atoms with E-state index in [1.165, 1.54) is 6.07 Å². The van der Waals surface area contributed by atoms with Crippen molar-refractivity contribution in [2.75, 3.05) is 6.54 Å². The van der Waals surface area contributed by atoms with E-state index in [0.717, 1.165) is 12.1 Å². The van der Waals surface area contributed by atoms with Gasteiger partial charge in [-0.2, -0.15) is 4.39 Å². The van der Waals surface area contributed by atoms with Crippen LogP contribution in [0.25, 0.3) is 0 Å². The van der Waals surface area contributed by atoms with Crippen molar-refractivity contribution >= 4 is 11.6 Å². The number of amides is 1. The normalized spacial score (nSPS) is 12.3. The summed E-state index contributed by atoms with van der Waals surface area (Å²) in [5.74, 6) is -0.671. The molecule has 0 heterocycles. The molecule has 6 heteroatoms. The summed E-state index contributed by atoms with van der Waals surface area (Å²) < 4.78 is 13.1. The van der Waals surface area contributed by atoms with E-state index in [-0.39, 0.29) is 5.56 Å². The monoisotopic (exact) mass is 268 g/mol. The molecule has 1 N–H and O–H groups in total. The van der Waals surface area contributed by atoms with Gasteiger partial charge in [0, 0.05) is 18.2 Å². The fraction of sp³-hybridized carbons (Fsp3) is 0.462. The molecule has 1 amide bonds. The van der Waals surface area contributed by atoms with Gasteiger partial charge in [-0.3, -0.25) is 14.9 Å². The molecule has 0 radical (unpaired) electrons. The maximum Gasteiger partial charge on any atom is 0.305 e. The van der Waals surface area contributed by atoms with Crippen LogP contribution in [0.4, 0.5) is 10.1 Å². The van der Waals surface area contributed by atoms with Gasteiger partial charge in [0.2, 0.25) is 5.82 Å². The predicted molar refractivity (Wildman–Crippen MR) is 69.4 cm³/mol. The van der Waals surface area contributed by atoms with Gasteiger partial charge in [0.15, 0.2) is 0 Å². The summed E-state index contributed by atoms with van der Waals surface area (Å²) in [7, 11) is 0. The molecular weight excluding hydrogens is 251 g/mol. The van der Waals surface area contributed by atoms with Gasteiger partial charge in [0.05, 0.1) is 4.92 Å². The molecule has 0 aliphatic heterocycles. The van der Waals surface area contributed by atoms with Gasteiger partial charge in [-0.25, -0.2) is 0 Å². The number of rotatable bonds is 5. The second-order valence-corrected chi connectivity index (χ2v) is 4.85. The number of carbonyl (C=O) groups excluding carboxylic acids is 1. The van der Waals surface area contributed by atoms with Crippen LogP contribution in [-0.4, -0.2) is 17.4 Å². The Balaban J connectivity index is 2.78. The van der Waals surface area contributed by atoms with Gasteiger partial charge < -0.3 is 5.32 Å². The van der Waals surface area contributed by atoms with Gasteiger partial charge in [-0.1, -0.05) is 20.8 Å². The zero-order chi connectivity index (χ0) is 14.6. The van der Waals surface area contributed by atoms with Crippen molar-refractivity contribution in [1.82, 2.24) is 5.32 Å². The van der Waals surface area contributed by atoms with Crippen LogP contribution >= 0.6 is 0 Å². The summed E-state index contributed by atoms with van der Waals surface area (Å²) in [6.07, 6.45) is 0. The molecule has 0 saturated carbocycles. The number of benzene rings is 1. The van der Waals surface area contributed by atoms with Crippen LogP contribution in [0.5, 0.6) is 0 Å². The van der Waals surface area contributed by atoms with Crippen LogP contribution in [0.3, 0.4) is 0 Å². The van der Waals surface area contributed by atoms with Crippen LogP contribution in [0.15, 0.2) is 18.2 Å². The lowest BCUT2D eigenvalue weighted by Gasteiger charge is -2.16. The first kappa shape index (κ1) is 15.1. The molecule has 104 valence electrons. The van der Waals surface area contributed by atoms with Crippen molar-refractivity contribution in [3.8, 4) is 0 Å². The van der Waals surface area contributed by atoms with E-state index in [1.54, 1.807) is 0 Å². The molecule has 0 fully saturated rings. The van der Waals surface area contributed by atoms with E-state index >= 15 is 0 Å². The molecule has 0 saturated heterocycles. The molecule has 0 spiro atoms. The summed E-state index contributed by atoms with van der Waals surface area (Å²) in [6.45, 7) is 6.55. The molecule has 1 atom stereocenters. The standard InChI is InChI=1S/C13H17FN2O3/c1-8(2)9(3)7-15-13(17)10-4-5-11(14)12(6-10)16(18)19/h4-6,8-9H,7H2,1-3H3,(H,15,17). The molecule has 0 aliphatic rings. The molecular formula is C13H17FN2O3. The number of carbonyl (C=O) groups is 1. The number of nitro benzene ring substituents is 1. The van der Waals surface area contributed by atoms with Crippen LogP contribution in [0.1, 0.15) is 31.1 Å². The summed E-state index contributed by atoms with van der Waals surface area (Å²) in [6, 6.07) is 3.11. The topological polar surface area (TPSA) is 72.2 Å². The predicted octanol–water partition coefficient (Wildman–Crippen LogP) is 2.76. The van der Waals surface area contributed by atoms with E-state index in [2.05, 4.69) is 5.32 Å². The van der Waals surface area contributed by atoms with Crippen molar-refractivity contribution in [2.45, 2.75) is 20.8 Å². The maximum absolute atomic E-state index is 13.1. The average Bonchev–Trinajstić information content (AvgIpc) is 2.35. The smallest absolute Gasteiger partial charge is 0.305 e. The Morgan fingerprint density at radius 3 is 2.58 bits per heavy atom. The minimum Gasteiger partial charge on any atom is -0.352 e. The van der Waals surface area contributed by atoms with Crippen molar-refractivity contribution in [3.05, 3.63) is 39.7 Å². The van der Waals surface area contributed by atoms with Crippen LogP contribution in [-0.2, 0) is 0 Å². The number of hydrogen-bond donors (Lipinski definition) is 1. The summed E-state index contributed by atoms with van der Waals surface area (Å²) in [4.78, 5) is 21.5. The Kier molecular flexibility index (Phi) is 4.97. The lowest BCUT2D eigenvalue weighted by atomic mass is 9.98. The van der Waals surface area contributed by atoms with Gasteiger partial charge >= 0.3 is 5.69 Å². The summed E-state index contributed by atoms with van der Waals surface area (Å²) >= 11 is 0. The largest absolute Gasteiger partial charge is 0.352 e. The average molecular weight is 268 g/mol. The Morgan fingerprint density at radius 2 is 2.05 bits per heavy atom. The van der Waals surface area contributed by atoms with Crippen LogP contribution in [0, 0.1) is 27.8 Å². The van der Waals surface area contributed by atoms with Gasteiger partial charge in [-0.15, -0.1) is 0 Å². The highest BCUT2D eigenvalue weighted by molar-refractivity contribution is 5.94. The van der Waals surface area contributed by atoms with Crippen LogP contribution < -0.4 is 5.32 Å². The number of halogens is 1. The second-order valence-electron chi connectivity index (χ2n) is 4.85. The summed E-state index contributed by atoms with van der Waals surface area (Å²) in [5.41, 5.74) is -0.603. The molecule has 0 bridgehead atoms. The van der Waals surface area contributed by atoms with Gasteiger partial charge in [-0.05, 0) is 24.0 Å². The molecule has 19 heavy (non-hydrogen) atoms. The fourth-order valence-corrected chi connectivity index (χ4v) is 1.39. The maximum atomic E-state index is 13.1. The van der Waals surface area contributed by atoms with E-state index in [0.29, 0.717) is 18.4 Å². The Morgan fingerprint density at radius 1 is 1.42 bits per heavy atom. The minimum atomic E-state index is -0.947. The number of nitro groups is 1. The highest BCUT2D eigenvalue weighted by Gasteiger charge is 2.18. The highest BCUT2D eigenvalue weighted by Crippen LogP contribution is 2.18. The number of nitrogens with zero attached hydrogens (tertiary/aromatic N) is 1. The van der Waals surface area contributed by atoms with Crippen molar-refractivity contribution < 1.29 is 14.1 Å². The van der Waals surface area contributed by atoms with Crippen molar-refractivity contribution in [1.29, 1.82) is 0 Å². The number of hydrogen-bond acceptors (Lipinski definition) is 3. The fourth-order valence-electron chi connectivity index (χ4n) is 1.39. The molecule has 0 aliphatic carbocycles. The quantitative estimate of drug-likeness (QED) is 0.659. The number of nitrogens with one attached hydrogen (secondary N) is 1. The first-order valence-corrected chi connectivity index (χ1v) is 6.05. The zero-order valence-electron chi connectivity index (χ0n) is 11.1. The molecule has 1 aromatic carbocycles. The van der Waals surface area contributed by atoms with E-state index in [9.17, 15) is 19.3 Å². The zero-order valence-corrected chi connectivity index (χ0v) is 11.1. The first-order chi connectivity index (χ1) is 8.82. The highest BCUT2D eigenvalue weighted by atomic mass is 19.1. The molecule has 1 aromatic rings. The van der Waals surface area contributed by atoms with E-state index in [4.69, 9.17) is 0 Å². The lowest BCUT2D eigenvalue weighted by Crippen LogP contribution is -2.30.